The van der Waals surface area contributed by atoms with Crippen molar-refractivity contribution in [2.45, 2.75) is 19.1 Å². The van der Waals surface area contributed by atoms with Gasteiger partial charge in [0.05, 0.1) is 13.2 Å². The molecule has 0 spiro atoms. The quantitative estimate of drug-likeness (QED) is 0.580. The van der Waals surface area contributed by atoms with Crippen LogP contribution in [0, 0.1) is 0 Å². The van der Waals surface area contributed by atoms with Gasteiger partial charge in [0.25, 0.3) is 0 Å². The number of methoxy groups -OCH3 is 1. The Kier molecular flexibility index (Phi) is 11.6. The smallest absolute Gasteiger partial charge is 0.378 e. The third-order valence-corrected chi connectivity index (χ3v) is 1.09. The third-order valence-electron chi connectivity index (χ3n) is 1.09. The molecular weight excluding hydrogens is 214 g/mol. The molecule has 0 aliphatic carbocycles. The Morgan fingerprint density at radius 3 is 2.13 bits per heavy atom. The minimum atomic E-state index is -3.34. The van der Waals surface area contributed by atoms with E-state index in [4.69, 9.17) is 15.3 Å². The second-order valence-corrected chi connectivity index (χ2v) is 2.51. The first-order chi connectivity index (χ1) is 6.93. The third kappa shape index (κ3) is 13.7. The number of alkyl halides is 2. The highest BCUT2D eigenvalue weighted by molar-refractivity contribution is 4.52. The summed E-state index contributed by atoms with van der Waals surface area (Å²) >= 11 is 0. The van der Waals surface area contributed by atoms with Crippen LogP contribution in [0.25, 0.3) is 0 Å². The van der Waals surface area contributed by atoms with Gasteiger partial charge in [0.15, 0.2) is 0 Å². The van der Waals surface area contributed by atoms with Crippen LogP contribution in [-0.2, 0) is 9.47 Å². The molecule has 1 unspecified atom stereocenters. The van der Waals surface area contributed by atoms with Crippen LogP contribution >= 0.6 is 0 Å². The summed E-state index contributed by atoms with van der Waals surface area (Å²) in [6.07, 6.45) is -4.47. The SMILES string of the molecule is CCO.COC(F)(F)COCC(O)CO. The summed E-state index contributed by atoms with van der Waals surface area (Å²) in [7, 11) is 0.853. The fourth-order valence-corrected chi connectivity index (χ4v) is 0.425. The van der Waals surface area contributed by atoms with Crippen LogP contribution in [0.15, 0.2) is 0 Å². The fourth-order valence-electron chi connectivity index (χ4n) is 0.425. The lowest BCUT2D eigenvalue weighted by Gasteiger charge is -2.14. The number of ether oxygens (including phenoxy) is 2. The first-order valence-corrected chi connectivity index (χ1v) is 4.34. The highest BCUT2D eigenvalue weighted by atomic mass is 19.3. The fraction of sp³-hybridized carbons (Fsp3) is 1.00. The second kappa shape index (κ2) is 10.2. The van der Waals surface area contributed by atoms with E-state index in [1.807, 2.05) is 0 Å². The van der Waals surface area contributed by atoms with E-state index in [-0.39, 0.29) is 13.2 Å². The molecule has 0 amide bonds. The van der Waals surface area contributed by atoms with Gasteiger partial charge in [0.2, 0.25) is 0 Å². The van der Waals surface area contributed by atoms with E-state index < -0.39 is 25.4 Å². The monoisotopic (exact) mass is 232 g/mol. The number of aliphatic hydroxyl groups is 3. The summed E-state index contributed by atoms with van der Waals surface area (Å²) in [4.78, 5) is 0. The van der Waals surface area contributed by atoms with Gasteiger partial charge in [0.1, 0.15) is 12.7 Å². The van der Waals surface area contributed by atoms with Gasteiger partial charge in [0, 0.05) is 13.7 Å². The molecule has 0 aromatic carbocycles. The molecule has 0 aromatic heterocycles. The molecule has 0 aliphatic heterocycles. The lowest BCUT2D eigenvalue weighted by atomic mass is 10.4. The van der Waals surface area contributed by atoms with Gasteiger partial charge in [-0.05, 0) is 6.92 Å². The summed E-state index contributed by atoms with van der Waals surface area (Å²) < 4.78 is 32.5. The van der Waals surface area contributed by atoms with E-state index in [0.717, 1.165) is 7.11 Å². The van der Waals surface area contributed by atoms with E-state index in [9.17, 15) is 8.78 Å². The summed E-state index contributed by atoms with van der Waals surface area (Å²) in [5.74, 6) is 0. The van der Waals surface area contributed by atoms with Crippen LogP contribution < -0.4 is 0 Å². The van der Waals surface area contributed by atoms with E-state index in [1.54, 1.807) is 6.92 Å². The van der Waals surface area contributed by atoms with Crippen LogP contribution in [-0.4, -0.2) is 61.1 Å². The normalized spacial score (nSPS) is 13.0. The predicted octanol–water partition coefficient (Wildman–Crippen LogP) is -0.406. The molecule has 0 aliphatic rings. The molecule has 0 bridgehead atoms. The van der Waals surface area contributed by atoms with Crippen molar-refractivity contribution in [2.24, 2.45) is 0 Å². The summed E-state index contributed by atoms with van der Waals surface area (Å²) in [5, 5.41) is 24.5. The Balaban J connectivity index is 0. The van der Waals surface area contributed by atoms with Gasteiger partial charge in [-0.1, -0.05) is 0 Å². The maximum atomic E-state index is 12.2. The first-order valence-electron chi connectivity index (χ1n) is 4.34. The minimum absolute atomic E-state index is 0.250. The Hall–Kier alpha value is -0.340. The minimum Gasteiger partial charge on any atom is -0.397 e. The number of halogens is 2. The highest BCUT2D eigenvalue weighted by Gasteiger charge is 2.28. The summed E-state index contributed by atoms with van der Waals surface area (Å²) in [6, 6.07) is 0. The average molecular weight is 232 g/mol. The molecule has 0 fully saturated rings. The van der Waals surface area contributed by atoms with Crippen molar-refractivity contribution in [1.82, 2.24) is 0 Å². The molecule has 15 heavy (non-hydrogen) atoms. The van der Waals surface area contributed by atoms with Crippen LogP contribution in [0.3, 0.4) is 0 Å². The maximum Gasteiger partial charge on any atom is 0.378 e. The van der Waals surface area contributed by atoms with Crippen molar-refractivity contribution in [3.63, 3.8) is 0 Å². The number of rotatable bonds is 6. The molecule has 94 valence electrons. The Labute approximate surface area is 87.2 Å². The van der Waals surface area contributed by atoms with Crippen molar-refractivity contribution >= 4 is 0 Å². The van der Waals surface area contributed by atoms with Gasteiger partial charge >= 0.3 is 6.11 Å². The van der Waals surface area contributed by atoms with Crippen LogP contribution in [0.4, 0.5) is 8.78 Å². The van der Waals surface area contributed by atoms with Gasteiger partial charge < -0.3 is 24.8 Å². The molecular formula is C8H18F2O5. The largest absolute Gasteiger partial charge is 0.397 e. The molecule has 0 saturated heterocycles. The topological polar surface area (TPSA) is 79.2 Å². The molecule has 3 N–H and O–H groups in total. The van der Waals surface area contributed by atoms with Gasteiger partial charge in [-0.3, -0.25) is 0 Å². The second-order valence-electron chi connectivity index (χ2n) is 2.51. The standard InChI is InChI=1S/C6H12F2O4.C2H6O/c1-11-6(7,8)4-12-3-5(10)2-9;1-2-3/h5,9-10H,2-4H2,1H3;3H,2H2,1H3. The van der Waals surface area contributed by atoms with Crippen LogP contribution in [0.1, 0.15) is 6.92 Å². The lowest BCUT2D eigenvalue weighted by molar-refractivity contribution is -0.252. The first kappa shape index (κ1) is 17.1. The van der Waals surface area contributed by atoms with Crippen molar-refractivity contribution in [3.8, 4) is 0 Å². The van der Waals surface area contributed by atoms with Gasteiger partial charge in [-0.25, -0.2) is 0 Å². The zero-order valence-corrected chi connectivity index (χ0v) is 8.82. The summed E-state index contributed by atoms with van der Waals surface area (Å²) in [6.45, 7) is 0.147. The molecule has 0 heterocycles. The van der Waals surface area contributed by atoms with Crippen molar-refractivity contribution < 1.29 is 33.6 Å². The summed E-state index contributed by atoms with van der Waals surface area (Å²) in [5.41, 5.74) is 0. The Morgan fingerprint density at radius 1 is 1.33 bits per heavy atom. The number of hydrogen-bond acceptors (Lipinski definition) is 5. The Morgan fingerprint density at radius 2 is 1.80 bits per heavy atom. The zero-order chi connectivity index (χ0) is 12.3. The van der Waals surface area contributed by atoms with Gasteiger partial charge in [-0.2, -0.15) is 8.78 Å². The van der Waals surface area contributed by atoms with Crippen LogP contribution in [0.2, 0.25) is 0 Å². The number of aliphatic hydroxyl groups excluding tert-OH is 3. The molecule has 7 heteroatoms. The molecule has 1 atom stereocenters. The lowest BCUT2D eigenvalue weighted by Crippen LogP contribution is -2.29. The highest BCUT2D eigenvalue weighted by Crippen LogP contribution is 2.13. The average Bonchev–Trinajstić information content (AvgIpc) is 2.18. The molecule has 0 saturated carbocycles. The molecule has 5 nitrogen and oxygen atoms in total. The van der Waals surface area contributed by atoms with E-state index in [2.05, 4.69) is 9.47 Å². The predicted molar refractivity (Wildman–Crippen MR) is 48.6 cm³/mol. The maximum absolute atomic E-state index is 12.2. The molecule has 0 radical (unpaired) electrons. The molecule has 0 rings (SSSR count). The molecule has 0 aromatic rings. The van der Waals surface area contributed by atoms with E-state index in [0.29, 0.717) is 0 Å². The van der Waals surface area contributed by atoms with Crippen molar-refractivity contribution in [2.75, 3.05) is 33.5 Å². The van der Waals surface area contributed by atoms with E-state index >= 15 is 0 Å². The Bertz CT molecular complexity index is 134. The zero-order valence-electron chi connectivity index (χ0n) is 8.82. The van der Waals surface area contributed by atoms with Gasteiger partial charge in [-0.15, -0.1) is 0 Å². The van der Waals surface area contributed by atoms with E-state index in [1.165, 1.54) is 0 Å². The van der Waals surface area contributed by atoms with Crippen molar-refractivity contribution in [1.29, 1.82) is 0 Å². The number of hydrogen-bond donors (Lipinski definition) is 3. The van der Waals surface area contributed by atoms with Crippen molar-refractivity contribution in [3.05, 3.63) is 0 Å². The van der Waals surface area contributed by atoms with Crippen LogP contribution in [0.5, 0.6) is 0 Å².